The summed E-state index contributed by atoms with van der Waals surface area (Å²) in [4.78, 5) is 32.4. The molecule has 2 N–H and O–H groups in total. The number of rotatable bonds is 6. The van der Waals surface area contributed by atoms with Crippen molar-refractivity contribution in [2.75, 3.05) is 37.4 Å². The number of aromatic amines is 1. The van der Waals surface area contributed by atoms with E-state index in [4.69, 9.17) is 4.74 Å². The largest absolute Gasteiger partial charge is 0.497 e. The average molecular weight is 390 g/mol. The number of nitrogens with zero attached hydrogens (tertiary/aromatic N) is 4. The van der Waals surface area contributed by atoms with E-state index in [1.165, 1.54) is 18.1 Å². The molecule has 10 heteroatoms. The molecule has 0 unspecified atom stereocenters. The minimum absolute atomic E-state index is 0.0994. The third-order valence-corrected chi connectivity index (χ3v) is 5.19. The normalized spacial score (nSPS) is 17.1. The summed E-state index contributed by atoms with van der Waals surface area (Å²) in [6.45, 7) is 3.15. The van der Waals surface area contributed by atoms with Crippen LogP contribution in [0.4, 0.5) is 10.5 Å². The molecule has 3 amide bonds. The van der Waals surface area contributed by atoms with Crippen molar-refractivity contribution < 1.29 is 14.3 Å². The van der Waals surface area contributed by atoms with E-state index in [1.807, 2.05) is 24.3 Å². The predicted molar refractivity (Wildman–Crippen MR) is 102 cm³/mol. The SMILES string of the molecule is COc1ccc(N2CCN(C(=O)NCCSc3ncn[nH]3)[C@@H](C)C2=O)cc1. The van der Waals surface area contributed by atoms with Gasteiger partial charge in [-0.2, -0.15) is 5.10 Å². The number of methoxy groups -OCH3 is 1. The van der Waals surface area contributed by atoms with Gasteiger partial charge in [-0.1, -0.05) is 11.8 Å². The molecule has 2 heterocycles. The summed E-state index contributed by atoms with van der Waals surface area (Å²) >= 11 is 1.47. The van der Waals surface area contributed by atoms with Gasteiger partial charge < -0.3 is 19.9 Å². The van der Waals surface area contributed by atoms with Gasteiger partial charge in [-0.15, -0.1) is 0 Å². The molecule has 1 saturated heterocycles. The maximum absolute atomic E-state index is 12.7. The first-order chi connectivity index (χ1) is 13.1. The Morgan fingerprint density at radius 2 is 2.15 bits per heavy atom. The molecule has 3 rings (SSSR count). The van der Waals surface area contributed by atoms with Gasteiger partial charge >= 0.3 is 6.03 Å². The molecular formula is C17H22N6O3S. The monoisotopic (exact) mass is 390 g/mol. The topological polar surface area (TPSA) is 103 Å². The molecule has 144 valence electrons. The summed E-state index contributed by atoms with van der Waals surface area (Å²) in [6.07, 6.45) is 1.44. The second-order valence-electron chi connectivity index (χ2n) is 5.93. The standard InChI is InChI=1S/C17H22N6O3S/c1-12-15(24)23(13-3-5-14(26-2)6-4-13)9-8-22(12)17(25)18-7-10-27-16-19-11-20-21-16/h3-6,11-12H,7-10H2,1-2H3,(H,18,25)(H,19,20,21)/t12-/m0/s1. The van der Waals surface area contributed by atoms with Gasteiger partial charge in [0.1, 0.15) is 18.1 Å². The Hall–Kier alpha value is -2.75. The van der Waals surface area contributed by atoms with Crippen molar-refractivity contribution in [2.45, 2.75) is 18.1 Å². The van der Waals surface area contributed by atoms with Crippen LogP contribution >= 0.6 is 11.8 Å². The summed E-state index contributed by atoms with van der Waals surface area (Å²) in [5.74, 6) is 1.30. The van der Waals surface area contributed by atoms with Crippen LogP contribution in [-0.2, 0) is 4.79 Å². The zero-order chi connectivity index (χ0) is 19.2. The smallest absolute Gasteiger partial charge is 0.318 e. The van der Waals surface area contributed by atoms with Crippen LogP contribution in [0.1, 0.15) is 6.92 Å². The van der Waals surface area contributed by atoms with E-state index < -0.39 is 6.04 Å². The lowest BCUT2D eigenvalue weighted by Crippen LogP contribution is -2.59. The lowest BCUT2D eigenvalue weighted by molar-refractivity contribution is -0.124. The molecular weight excluding hydrogens is 368 g/mol. The molecule has 1 atom stereocenters. The number of hydrogen-bond acceptors (Lipinski definition) is 6. The van der Waals surface area contributed by atoms with Crippen LogP contribution < -0.4 is 15.0 Å². The van der Waals surface area contributed by atoms with Crippen molar-refractivity contribution in [1.29, 1.82) is 0 Å². The molecule has 1 aliphatic heterocycles. The van der Waals surface area contributed by atoms with E-state index in [1.54, 1.807) is 23.8 Å². The van der Waals surface area contributed by atoms with Crippen LogP contribution in [0.5, 0.6) is 5.75 Å². The average Bonchev–Trinajstić information content (AvgIpc) is 3.21. The molecule has 9 nitrogen and oxygen atoms in total. The number of thioether (sulfide) groups is 1. The number of H-pyrrole nitrogens is 1. The maximum Gasteiger partial charge on any atom is 0.318 e. The fraction of sp³-hybridized carbons (Fsp3) is 0.412. The van der Waals surface area contributed by atoms with Crippen molar-refractivity contribution >= 4 is 29.4 Å². The fourth-order valence-electron chi connectivity index (χ4n) is 2.84. The minimum Gasteiger partial charge on any atom is -0.497 e. The zero-order valence-electron chi connectivity index (χ0n) is 15.2. The molecule has 0 spiro atoms. The Labute approximate surface area is 161 Å². The highest BCUT2D eigenvalue weighted by atomic mass is 32.2. The van der Waals surface area contributed by atoms with E-state index in [2.05, 4.69) is 20.5 Å². The van der Waals surface area contributed by atoms with Crippen molar-refractivity contribution in [2.24, 2.45) is 0 Å². The van der Waals surface area contributed by atoms with Crippen LogP contribution in [0.25, 0.3) is 0 Å². The highest BCUT2D eigenvalue weighted by Gasteiger charge is 2.34. The van der Waals surface area contributed by atoms with Gasteiger partial charge in [0.2, 0.25) is 5.91 Å². The lowest BCUT2D eigenvalue weighted by atomic mass is 10.1. The highest BCUT2D eigenvalue weighted by Crippen LogP contribution is 2.23. The number of carbonyl (C=O) groups excluding carboxylic acids is 2. The number of hydrogen-bond donors (Lipinski definition) is 2. The van der Waals surface area contributed by atoms with Gasteiger partial charge in [0.05, 0.1) is 7.11 Å². The van der Waals surface area contributed by atoms with E-state index in [-0.39, 0.29) is 11.9 Å². The molecule has 0 aliphatic carbocycles. The van der Waals surface area contributed by atoms with Crippen LogP contribution in [0.15, 0.2) is 35.7 Å². The molecule has 1 aromatic carbocycles. The lowest BCUT2D eigenvalue weighted by Gasteiger charge is -2.39. The third-order valence-electron chi connectivity index (χ3n) is 4.31. The summed E-state index contributed by atoms with van der Waals surface area (Å²) in [6, 6.07) is 6.57. The predicted octanol–water partition coefficient (Wildman–Crippen LogP) is 1.35. The van der Waals surface area contributed by atoms with Crippen molar-refractivity contribution in [1.82, 2.24) is 25.4 Å². The second kappa shape index (κ2) is 8.76. The summed E-state index contributed by atoms with van der Waals surface area (Å²) in [7, 11) is 1.60. The van der Waals surface area contributed by atoms with E-state index in [9.17, 15) is 9.59 Å². The van der Waals surface area contributed by atoms with Crippen LogP contribution in [0.3, 0.4) is 0 Å². The second-order valence-corrected chi connectivity index (χ2v) is 7.01. The number of nitrogens with one attached hydrogen (secondary N) is 2. The Morgan fingerprint density at radius 1 is 1.37 bits per heavy atom. The first-order valence-electron chi connectivity index (χ1n) is 8.58. The summed E-state index contributed by atoms with van der Waals surface area (Å²) in [5, 5.41) is 10.1. The van der Waals surface area contributed by atoms with E-state index in [0.29, 0.717) is 30.5 Å². The number of urea groups is 1. The first kappa shape index (κ1) is 19.0. The minimum atomic E-state index is -0.525. The van der Waals surface area contributed by atoms with Gasteiger partial charge in [0, 0.05) is 31.1 Å². The van der Waals surface area contributed by atoms with Crippen molar-refractivity contribution in [3.05, 3.63) is 30.6 Å². The van der Waals surface area contributed by atoms with Crippen LogP contribution in [0.2, 0.25) is 0 Å². The van der Waals surface area contributed by atoms with Gasteiger partial charge in [-0.05, 0) is 31.2 Å². The van der Waals surface area contributed by atoms with Gasteiger partial charge in [-0.3, -0.25) is 9.89 Å². The van der Waals surface area contributed by atoms with E-state index in [0.717, 1.165) is 11.4 Å². The van der Waals surface area contributed by atoms with Crippen LogP contribution in [-0.4, -0.2) is 70.6 Å². The molecule has 2 aromatic rings. The molecule has 1 aromatic heterocycles. The molecule has 27 heavy (non-hydrogen) atoms. The highest BCUT2D eigenvalue weighted by molar-refractivity contribution is 7.99. The quantitative estimate of drug-likeness (QED) is 0.570. The van der Waals surface area contributed by atoms with Crippen LogP contribution in [0, 0.1) is 0 Å². The van der Waals surface area contributed by atoms with Gasteiger partial charge in [0.25, 0.3) is 0 Å². The zero-order valence-corrected chi connectivity index (χ0v) is 16.0. The fourth-order valence-corrected chi connectivity index (χ4v) is 3.47. The van der Waals surface area contributed by atoms with E-state index >= 15 is 0 Å². The third kappa shape index (κ3) is 4.51. The Morgan fingerprint density at radius 3 is 2.81 bits per heavy atom. The van der Waals surface area contributed by atoms with Crippen molar-refractivity contribution in [3.8, 4) is 5.75 Å². The maximum atomic E-state index is 12.7. The number of anilines is 1. The number of benzene rings is 1. The molecule has 0 radical (unpaired) electrons. The number of carbonyl (C=O) groups is 2. The summed E-state index contributed by atoms with van der Waals surface area (Å²) in [5.41, 5.74) is 0.802. The number of ether oxygens (including phenoxy) is 1. The number of amides is 3. The number of piperazine rings is 1. The summed E-state index contributed by atoms with van der Waals surface area (Å²) < 4.78 is 5.15. The molecule has 1 fully saturated rings. The Bertz CT molecular complexity index is 767. The first-order valence-corrected chi connectivity index (χ1v) is 9.57. The Kier molecular flexibility index (Phi) is 6.17. The molecule has 0 bridgehead atoms. The number of aromatic nitrogens is 3. The van der Waals surface area contributed by atoms with Gasteiger partial charge in [0.15, 0.2) is 5.16 Å². The van der Waals surface area contributed by atoms with Gasteiger partial charge in [-0.25, -0.2) is 9.78 Å². The molecule has 1 aliphatic rings. The molecule has 0 saturated carbocycles. The Balaban J connectivity index is 1.51. The van der Waals surface area contributed by atoms with Crippen molar-refractivity contribution in [3.63, 3.8) is 0 Å².